The number of hydrogen-bond donors (Lipinski definition) is 10. The number of nitrogens with one attached hydrogen (secondary N) is 5. The van der Waals surface area contributed by atoms with Crippen LogP contribution in [0.4, 0.5) is 0 Å². The summed E-state index contributed by atoms with van der Waals surface area (Å²) >= 11 is 3.97. The third-order valence-corrected chi connectivity index (χ3v) is 4.98. The molecular weight excluding hydrogens is 516 g/mol. The van der Waals surface area contributed by atoms with Crippen LogP contribution in [0.2, 0.25) is 0 Å². The first kappa shape index (κ1) is 30.8. The fourth-order valence-corrected chi connectivity index (χ4v) is 3.08. The Bertz CT molecular complexity index is 1000. The maximum atomic E-state index is 13.0. The standard InChI is InChI=1S/C19H28N8O9S/c20-9(2-14(29)30)16(33)25-11(3-13(21)28)19(36)26-10(1-8-4-22-7-24-8)18(35)27-12(6-37)17(34)23-5-15(31)32/h4,7,9-12,37H,1-3,5-6,20H2,(H2,21,28)(H,22,24)(H,23,34)(H,25,33)(H,26,36)(H,27,35)(H,29,30)(H,31,32)/t9-,10-,11-,12-/m0/s1. The SMILES string of the molecule is NC(=O)C[C@H](NC(=O)[C@@H](N)CC(=O)O)C(=O)N[C@@H](Cc1cnc[nH]1)C(=O)N[C@@H](CS)C(=O)NCC(=O)O. The first-order chi connectivity index (χ1) is 17.3. The quantitative estimate of drug-likeness (QED) is 0.0881. The number of hydrogen-bond acceptors (Lipinski definition) is 10. The van der Waals surface area contributed by atoms with Crippen LogP contribution in [0.25, 0.3) is 0 Å². The van der Waals surface area contributed by atoms with Gasteiger partial charge in [-0.1, -0.05) is 0 Å². The maximum absolute atomic E-state index is 13.0. The van der Waals surface area contributed by atoms with Crippen molar-refractivity contribution in [2.24, 2.45) is 11.5 Å². The molecule has 5 amide bonds. The molecule has 0 aromatic carbocycles. The lowest BCUT2D eigenvalue weighted by Crippen LogP contribution is -2.59. The topological polar surface area (TPSA) is 289 Å². The molecule has 0 radical (unpaired) electrons. The van der Waals surface area contributed by atoms with Gasteiger partial charge in [0.05, 0.1) is 25.2 Å². The summed E-state index contributed by atoms with van der Waals surface area (Å²) in [5, 5.41) is 26.4. The number of rotatable bonds is 16. The molecule has 37 heavy (non-hydrogen) atoms. The van der Waals surface area contributed by atoms with Gasteiger partial charge >= 0.3 is 11.9 Å². The van der Waals surface area contributed by atoms with Gasteiger partial charge in [0.2, 0.25) is 29.5 Å². The molecule has 1 aromatic heterocycles. The monoisotopic (exact) mass is 544 g/mol. The number of nitrogens with two attached hydrogens (primary N) is 2. The summed E-state index contributed by atoms with van der Waals surface area (Å²) in [7, 11) is 0. The predicted octanol–water partition coefficient (Wildman–Crippen LogP) is -4.79. The number of aromatic amines is 1. The molecule has 18 heteroatoms. The summed E-state index contributed by atoms with van der Waals surface area (Å²) in [4.78, 5) is 89.7. The van der Waals surface area contributed by atoms with Crippen LogP contribution >= 0.6 is 12.6 Å². The van der Waals surface area contributed by atoms with Crippen molar-refractivity contribution in [3.05, 3.63) is 18.2 Å². The molecule has 0 spiro atoms. The Morgan fingerprint density at radius 3 is 2.00 bits per heavy atom. The van der Waals surface area contributed by atoms with Crippen molar-refractivity contribution < 1.29 is 43.8 Å². The first-order valence-corrected chi connectivity index (χ1v) is 11.2. The van der Waals surface area contributed by atoms with Gasteiger partial charge in [0.1, 0.15) is 24.7 Å². The Labute approximate surface area is 214 Å². The van der Waals surface area contributed by atoms with Crippen LogP contribution in [0.15, 0.2) is 12.5 Å². The number of carboxylic acids is 2. The maximum Gasteiger partial charge on any atom is 0.322 e. The van der Waals surface area contributed by atoms with Crippen molar-refractivity contribution in [3.63, 3.8) is 0 Å². The minimum Gasteiger partial charge on any atom is -0.481 e. The van der Waals surface area contributed by atoms with E-state index in [-0.39, 0.29) is 12.2 Å². The fraction of sp³-hybridized carbons (Fsp3) is 0.474. The van der Waals surface area contributed by atoms with E-state index in [9.17, 15) is 33.6 Å². The van der Waals surface area contributed by atoms with E-state index in [4.69, 9.17) is 21.7 Å². The molecule has 204 valence electrons. The molecule has 1 rings (SSSR count). The lowest BCUT2D eigenvalue weighted by molar-refractivity contribution is -0.140. The molecule has 0 aliphatic heterocycles. The molecule has 0 aliphatic rings. The van der Waals surface area contributed by atoms with Gasteiger partial charge in [-0.25, -0.2) is 4.98 Å². The summed E-state index contributed by atoms with van der Waals surface area (Å²) < 4.78 is 0. The van der Waals surface area contributed by atoms with Gasteiger partial charge in [-0.15, -0.1) is 0 Å². The van der Waals surface area contributed by atoms with E-state index in [1.54, 1.807) is 0 Å². The number of imidazole rings is 1. The van der Waals surface area contributed by atoms with E-state index in [2.05, 4.69) is 43.9 Å². The zero-order chi connectivity index (χ0) is 28.1. The highest BCUT2D eigenvalue weighted by atomic mass is 32.1. The van der Waals surface area contributed by atoms with E-state index in [1.807, 2.05) is 0 Å². The molecular formula is C19H28N8O9S. The molecule has 1 aromatic rings. The number of carboxylic acid groups (broad SMARTS) is 2. The van der Waals surface area contributed by atoms with Crippen molar-refractivity contribution in [1.82, 2.24) is 31.2 Å². The van der Waals surface area contributed by atoms with Gasteiger partial charge in [0.15, 0.2) is 0 Å². The number of aromatic nitrogens is 2. The molecule has 0 saturated carbocycles. The van der Waals surface area contributed by atoms with Crippen LogP contribution in [0.1, 0.15) is 18.5 Å². The van der Waals surface area contributed by atoms with Gasteiger partial charge < -0.3 is 47.9 Å². The average Bonchev–Trinajstić information content (AvgIpc) is 3.32. The van der Waals surface area contributed by atoms with Crippen LogP contribution in [0.3, 0.4) is 0 Å². The zero-order valence-electron chi connectivity index (χ0n) is 19.3. The fourth-order valence-electron chi connectivity index (χ4n) is 2.82. The number of carbonyl (C=O) groups is 7. The number of nitrogens with zero attached hydrogens (tertiary/aromatic N) is 1. The molecule has 4 atom stereocenters. The third-order valence-electron chi connectivity index (χ3n) is 4.61. The Hall–Kier alpha value is -4.19. The highest BCUT2D eigenvalue weighted by Gasteiger charge is 2.31. The van der Waals surface area contributed by atoms with Crippen molar-refractivity contribution in [3.8, 4) is 0 Å². The molecule has 0 aliphatic carbocycles. The van der Waals surface area contributed by atoms with Gasteiger partial charge in [-0.3, -0.25) is 33.6 Å². The average molecular weight is 545 g/mol. The van der Waals surface area contributed by atoms with Gasteiger partial charge in [0, 0.05) is 24.1 Å². The van der Waals surface area contributed by atoms with E-state index in [0.29, 0.717) is 5.69 Å². The normalized spacial score (nSPS) is 13.8. The zero-order valence-corrected chi connectivity index (χ0v) is 20.2. The van der Waals surface area contributed by atoms with Gasteiger partial charge in [-0.2, -0.15) is 12.6 Å². The lowest BCUT2D eigenvalue weighted by Gasteiger charge is -2.24. The molecule has 0 unspecified atom stereocenters. The third kappa shape index (κ3) is 11.4. The Morgan fingerprint density at radius 2 is 1.49 bits per heavy atom. The van der Waals surface area contributed by atoms with E-state index in [0.717, 1.165) is 0 Å². The molecule has 1 heterocycles. The van der Waals surface area contributed by atoms with E-state index < -0.39 is 85.0 Å². The second kappa shape index (κ2) is 15.0. The summed E-state index contributed by atoms with van der Waals surface area (Å²) in [6.45, 7) is -0.703. The molecule has 0 saturated heterocycles. The van der Waals surface area contributed by atoms with Gasteiger partial charge in [-0.05, 0) is 0 Å². The number of amides is 5. The molecule has 0 bridgehead atoms. The summed E-state index contributed by atoms with van der Waals surface area (Å²) in [5.41, 5.74) is 11.0. The van der Waals surface area contributed by atoms with Crippen LogP contribution in [-0.4, -0.2) is 98.1 Å². The number of primary amides is 1. The molecule has 0 fully saturated rings. The second-order valence-corrected chi connectivity index (χ2v) is 8.00. The van der Waals surface area contributed by atoms with Crippen LogP contribution in [-0.2, 0) is 40.0 Å². The van der Waals surface area contributed by atoms with Crippen LogP contribution in [0.5, 0.6) is 0 Å². The summed E-state index contributed by atoms with van der Waals surface area (Å²) in [5.74, 6) is -7.72. The number of aliphatic carboxylic acids is 2. The van der Waals surface area contributed by atoms with E-state index in [1.165, 1.54) is 12.5 Å². The largest absolute Gasteiger partial charge is 0.481 e. The van der Waals surface area contributed by atoms with E-state index >= 15 is 0 Å². The molecule has 11 N–H and O–H groups in total. The van der Waals surface area contributed by atoms with Gasteiger partial charge in [0.25, 0.3) is 0 Å². The van der Waals surface area contributed by atoms with Crippen LogP contribution < -0.4 is 32.7 Å². The van der Waals surface area contributed by atoms with Crippen molar-refractivity contribution in [2.45, 2.75) is 43.4 Å². The minimum absolute atomic E-state index is 0.177. The minimum atomic E-state index is -1.61. The number of carbonyl (C=O) groups excluding carboxylic acids is 5. The van der Waals surface area contributed by atoms with Crippen molar-refractivity contribution in [1.29, 1.82) is 0 Å². The van der Waals surface area contributed by atoms with Crippen molar-refractivity contribution in [2.75, 3.05) is 12.3 Å². The second-order valence-electron chi connectivity index (χ2n) is 7.63. The number of H-pyrrole nitrogens is 1. The Morgan fingerprint density at radius 1 is 0.892 bits per heavy atom. The Balaban J connectivity index is 3.06. The number of thiol groups is 1. The lowest BCUT2D eigenvalue weighted by atomic mass is 10.1. The van der Waals surface area contributed by atoms with Crippen molar-refractivity contribution >= 4 is 54.1 Å². The highest BCUT2D eigenvalue weighted by molar-refractivity contribution is 7.80. The summed E-state index contributed by atoms with van der Waals surface area (Å²) in [6.07, 6.45) is 1.03. The summed E-state index contributed by atoms with van der Waals surface area (Å²) in [6, 6.07) is -5.80. The van der Waals surface area contributed by atoms with Crippen LogP contribution in [0, 0.1) is 0 Å². The predicted molar refractivity (Wildman–Crippen MR) is 127 cm³/mol. The first-order valence-electron chi connectivity index (χ1n) is 10.6. The molecule has 17 nitrogen and oxygen atoms in total. The smallest absolute Gasteiger partial charge is 0.322 e. The highest BCUT2D eigenvalue weighted by Crippen LogP contribution is 2.03. The Kier molecular flexibility index (Phi) is 12.5.